The van der Waals surface area contributed by atoms with E-state index in [4.69, 9.17) is 9.47 Å². The third-order valence-corrected chi connectivity index (χ3v) is 3.29. The lowest BCUT2D eigenvalue weighted by atomic mass is 10.2. The highest BCUT2D eigenvalue weighted by Crippen LogP contribution is 2.25. The number of ether oxygens (including phenoxy) is 2. The number of nitrogens with zero attached hydrogens (tertiary/aromatic N) is 2. The van der Waals surface area contributed by atoms with Crippen molar-refractivity contribution in [2.75, 3.05) is 20.3 Å². The van der Waals surface area contributed by atoms with Gasteiger partial charge in [-0.05, 0) is 31.5 Å². The molecule has 0 unspecified atom stereocenters. The maximum atomic E-state index is 5.76. The van der Waals surface area contributed by atoms with E-state index in [1.807, 2.05) is 24.3 Å². The zero-order valence-electron chi connectivity index (χ0n) is 10.9. The molecule has 0 bridgehead atoms. The summed E-state index contributed by atoms with van der Waals surface area (Å²) in [5, 5.41) is 3.39. The largest absolute Gasteiger partial charge is 0.477 e. The van der Waals surface area contributed by atoms with E-state index >= 15 is 0 Å². The average Bonchev–Trinajstić information content (AvgIpc) is 2.97. The molecule has 0 aliphatic carbocycles. The number of para-hydroxylation sites is 2. The minimum atomic E-state index is 0.401. The van der Waals surface area contributed by atoms with Crippen LogP contribution in [0, 0.1) is 0 Å². The van der Waals surface area contributed by atoms with Crippen molar-refractivity contribution in [1.29, 1.82) is 0 Å². The molecule has 1 fully saturated rings. The zero-order valence-corrected chi connectivity index (χ0v) is 10.9. The molecule has 19 heavy (non-hydrogen) atoms. The first-order valence-electron chi connectivity index (χ1n) is 6.54. The normalized spacial score (nSPS) is 18.7. The summed E-state index contributed by atoms with van der Waals surface area (Å²) in [7, 11) is 1.58. The van der Waals surface area contributed by atoms with Crippen LogP contribution in [0.4, 0.5) is 0 Å². The molecule has 5 heteroatoms. The Kier molecular flexibility index (Phi) is 3.46. The zero-order chi connectivity index (χ0) is 13.1. The third kappa shape index (κ3) is 2.61. The van der Waals surface area contributed by atoms with Crippen molar-refractivity contribution in [2.24, 2.45) is 0 Å². The molecule has 1 aromatic carbocycles. The molecule has 2 heterocycles. The molecular weight excluding hydrogens is 242 g/mol. The van der Waals surface area contributed by atoms with E-state index in [0.717, 1.165) is 24.0 Å². The summed E-state index contributed by atoms with van der Waals surface area (Å²) in [6.07, 6.45) is 2.35. The molecule has 0 radical (unpaired) electrons. The molecular formula is C14H17N3O2. The molecule has 0 spiro atoms. The fourth-order valence-electron chi connectivity index (χ4n) is 2.27. The lowest BCUT2D eigenvalue weighted by molar-refractivity contribution is 0.250. The number of hydrogen-bond acceptors (Lipinski definition) is 5. The lowest BCUT2D eigenvalue weighted by Gasteiger charge is -2.13. The Labute approximate surface area is 112 Å². The van der Waals surface area contributed by atoms with E-state index in [0.29, 0.717) is 24.4 Å². The van der Waals surface area contributed by atoms with Crippen LogP contribution in [0.3, 0.4) is 0 Å². The van der Waals surface area contributed by atoms with Gasteiger partial charge in [-0.3, -0.25) is 0 Å². The molecule has 1 atom stereocenters. The summed E-state index contributed by atoms with van der Waals surface area (Å²) in [6.45, 7) is 1.66. The number of nitrogens with one attached hydrogen (secondary N) is 1. The van der Waals surface area contributed by atoms with Gasteiger partial charge in [0.15, 0.2) is 0 Å². The topological polar surface area (TPSA) is 56.3 Å². The Balaban J connectivity index is 1.83. The van der Waals surface area contributed by atoms with Crippen molar-refractivity contribution in [3.05, 3.63) is 24.3 Å². The van der Waals surface area contributed by atoms with Crippen LogP contribution in [0.25, 0.3) is 11.0 Å². The van der Waals surface area contributed by atoms with Crippen LogP contribution >= 0.6 is 0 Å². The molecule has 0 amide bonds. The average molecular weight is 259 g/mol. The molecule has 0 saturated carbocycles. The van der Waals surface area contributed by atoms with Crippen LogP contribution in [0.2, 0.25) is 0 Å². The van der Waals surface area contributed by atoms with Gasteiger partial charge >= 0.3 is 0 Å². The predicted molar refractivity (Wildman–Crippen MR) is 72.6 cm³/mol. The standard InChI is InChI=1S/C14H17N3O2/c1-18-13-14(19-9-10-5-4-8-15-10)17-12-7-3-2-6-11(12)16-13/h2-3,6-7,10,15H,4-5,8-9H2,1H3/t10-/m1/s1. The van der Waals surface area contributed by atoms with Gasteiger partial charge in [-0.15, -0.1) is 0 Å². The minimum Gasteiger partial charge on any atom is -0.477 e. The Morgan fingerprint density at radius 3 is 2.58 bits per heavy atom. The maximum Gasteiger partial charge on any atom is 0.278 e. The summed E-state index contributed by atoms with van der Waals surface area (Å²) < 4.78 is 11.0. The molecule has 1 aromatic heterocycles. The summed E-state index contributed by atoms with van der Waals surface area (Å²) in [5.74, 6) is 0.909. The van der Waals surface area contributed by atoms with E-state index in [9.17, 15) is 0 Å². The molecule has 2 aromatic rings. The number of benzene rings is 1. The van der Waals surface area contributed by atoms with Crippen molar-refractivity contribution in [3.8, 4) is 11.8 Å². The first kappa shape index (κ1) is 12.2. The van der Waals surface area contributed by atoms with Crippen LogP contribution in [0.15, 0.2) is 24.3 Å². The second-order valence-electron chi connectivity index (χ2n) is 4.63. The number of aromatic nitrogens is 2. The fourth-order valence-corrected chi connectivity index (χ4v) is 2.27. The molecule has 3 rings (SSSR count). The van der Waals surface area contributed by atoms with Crippen molar-refractivity contribution in [2.45, 2.75) is 18.9 Å². The fraction of sp³-hybridized carbons (Fsp3) is 0.429. The van der Waals surface area contributed by atoms with Crippen LogP contribution in [0.1, 0.15) is 12.8 Å². The molecule has 1 aliphatic heterocycles. The van der Waals surface area contributed by atoms with Crippen molar-refractivity contribution in [3.63, 3.8) is 0 Å². The van der Waals surface area contributed by atoms with Gasteiger partial charge in [-0.25, -0.2) is 9.97 Å². The Bertz CT molecular complexity index is 568. The van der Waals surface area contributed by atoms with Crippen LogP contribution in [0.5, 0.6) is 11.8 Å². The van der Waals surface area contributed by atoms with E-state index in [1.165, 1.54) is 6.42 Å². The highest BCUT2D eigenvalue weighted by Gasteiger charge is 2.17. The van der Waals surface area contributed by atoms with E-state index in [-0.39, 0.29) is 0 Å². The van der Waals surface area contributed by atoms with E-state index in [2.05, 4.69) is 15.3 Å². The monoisotopic (exact) mass is 259 g/mol. The Morgan fingerprint density at radius 1 is 1.21 bits per heavy atom. The number of fused-ring (bicyclic) bond motifs is 1. The van der Waals surface area contributed by atoms with Gasteiger partial charge in [-0.2, -0.15) is 0 Å². The lowest BCUT2D eigenvalue weighted by Crippen LogP contribution is -2.28. The van der Waals surface area contributed by atoms with E-state index < -0.39 is 0 Å². The number of methoxy groups -OCH3 is 1. The SMILES string of the molecule is COc1nc2ccccc2nc1OC[C@H]1CCCN1. The quantitative estimate of drug-likeness (QED) is 0.907. The van der Waals surface area contributed by atoms with Gasteiger partial charge in [0.05, 0.1) is 18.1 Å². The van der Waals surface area contributed by atoms with Gasteiger partial charge < -0.3 is 14.8 Å². The first-order valence-corrected chi connectivity index (χ1v) is 6.54. The molecule has 5 nitrogen and oxygen atoms in total. The highest BCUT2D eigenvalue weighted by atomic mass is 16.5. The van der Waals surface area contributed by atoms with Gasteiger partial charge in [0.2, 0.25) is 0 Å². The Morgan fingerprint density at radius 2 is 1.95 bits per heavy atom. The molecule has 100 valence electrons. The first-order chi connectivity index (χ1) is 9.36. The van der Waals surface area contributed by atoms with Crippen molar-refractivity contribution >= 4 is 11.0 Å². The second kappa shape index (κ2) is 5.40. The van der Waals surface area contributed by atoms with Crippen molar-refractivity contribution < 1.29 is 9.47 Å². The van der Waals surface area contributed by atoms with Gasteiger partial charge in [0.1, 0.15) is 6.61 Å². The number of hydrogen-bond donors (Lipinski definition) is 1. The van der Waals surface area contributed by atoms with Gasteiger partial charge in [0, 0.05) is 6.04 Å². The second-order valence-corrected chi connectivity index (χ2v) is 4.63. The summed E-state index contributed by atoms with van der Waals surface area (Å²) in [5.41, 5.74) is 1.63. The molecule has 1 N–H and O–H groups in total. The smallest absolute Gasteiger partial charge is 0.278 e. The summed E-state index contributed by atoms with van der Waals surface area (Å²) in [4.78, 5) is 8.88. The summed E-state index contributed by atoms with van der Waals surface area (Å²) in [6, 6.07) is 8.10. The van der Waals surface area contributed by atoms with E-state index in [1.54, 1.807) is 7.11 Å². The minimum absolute atomic E-state index is 0.401. The summed E-state index contributed by atoms with van der Waals surface area (Å²) >= 11 is 0. The molecule has 1 saturated heterocycles. The predicted octanol–water partition coefficient (Wildman–Crippen LogP) is 1.77. The van der Waals surface area contributed by atoms with Crippen LogP contribution < -0.4 is 14.8 Å². The Hall–Kier alpha value is -1.88. The third-order valence-electron chi connectivity index (χ3n) is 3.29. The van der Waals surface area contributed by atoms with Crippen LogP contribution in [-0.2, 0) is 0 Å². The van der Waals surface area contributed by atoms with Gasteiger partial charge in [0.25, 0.3) is 11.8 Å². The molecule has 1 aliphatic rings. The maximum absolute atomic E-state index is 5.76. The van der Waals surface area contributed by atoms with Gasteiger partial charge in [-0.1, -0.05) is 12.1 Å². The van der Waals surface area contributed by atoms with Crippen molar-refractivity contribution in [1.82, 2.24) is 15.3 Å². The van der Waals surface area contributed by atoms with Crippen LogP contribution in [-0.4, -0.2) is 36.3 Å². The number of rotatable bonds is 4. The highest BCUT2D eigenvalue weighted by molar-refractivity contribution is 5.75.